The van der Waals surface area contributed by atoms with Gasteiger partial charge in [0.25, 0.3) is 10.0 Å². The molecule has 4 aromatic rings. The summed E-state index contributed by atoms with van der Waals surface area (Å²) in [4.78, 5) is 8.53. The van der Waals surface area contributed by atoms with E-state index in [1.807, 2.05) is 18.2 Å². The summed E-state index contributed by atoms with van der Waals surface area (Å²) in [5.74, 6) is 1.02. The molecule has 37 heavy (non-hydrogen) atoms. The lowest BCUT2D eigenvalue weighted by molar-refractivity contribution is 0.174. The van der Waals surface area contributed by atoms with Crippen LogP contribution in [-0.4, -0.2) is 41.7 Å². The number of hydrogen-bond donors (Lipinski definition) is 3. The molecule has 0 radical (unpaired) electrons. The van der Waals surface area contributed by atoms with Gasteiger partial charge in [-0.05, 0) is 67.4 Å². The molecular weight excluding hydrogens is 490 g/mol. The largest absolute Gasteiger partial charge is 0.387 e. The first kappa shape index (κ1) is 26.5. The maximum atomic E-state index is 12.8. The minimum Gasteiger partial charge on any atom is -0.387 e. The Hall–Kier alpha value is -3.60. The molecule has 4 rings (SSSR count). The number of aromatic nitrogens is 3. The summed E-state index contributed by atoms with van der Waals surface area (Å²) in [7, 11) is -3.75. The molecule has 0 aliphatic heterocycles. The molecule has 1 atom stereocenters. The molecule has 0 saturated heterocycles. The van der Waals surface area contributed by atoms with Crippen molar-refractivity contribution in [1.29, 1.82) is 0 Å². The van der Waals surface area contributed by atoms with E-state index in [9.17, 15) is 13.5 Å². The number of rotatable bonds is 13. The lowest BCUT2D eigenvalue weighted by Gasteiger charge is -2.12. The van der Waals surface area contributed by atoms with E-state index in [4.69, 9.17) is 4.52 Å². The van der Waals surface area contributed by atoms with Crippen molar-refractivity contribution in [3.05, 3.63) is 90.1 Å². The number of nitrogens with zero attached hydrogens (tertiary/aromatic N) is 3. The Morgan fingerprint density at radius 2 is 1.81 bits per heavy atom. The van der Waals surface area contributed by atoms with Gasteiger partial charge in [0.15, 0.2) is 0 Å². The van der Waals surface area contributed by atoms with Crippen LogP contribution in [0.5, 0.6) is 0 Å². The Bertz CT molecular complexity index is 1360. The van der Waals surface area contributed by atoms with E-state index >= 15 is 0 Å². The van der Waals surface area contributed by atoms with Gasteiger partial charge in [0.05, 0.1) is 11.0 Å². The van der Waals surface area contributed by atoms with Gasteiger partial charge < -0.3 is 14.9 Å². The molecule has 2 heterocycles. The van der Waals surface area contributed by atoms with Crippen LogP contribution in [0, 0.1) is 0 Å². The second-order valence-electron chi connectivity index (χ2n) is 8.70. The number of pyridine rings is 1. The second kappa shape index (κ2) is 12.6. The molecule has 2 aromatic heterocycles. The number of sulfonamides is 1. The van der Waals surface area contributed by atoms with E-state index < -0.39 is 16.1 Å². The van der Waals surface area contributed by atoms with E-state index in [1.165, 1.54) is 12.1 Å². The van der Waals surface area contributed by atoms with Crippen LogP contribution in [-0.2, 0) is 22.9 Å². The molecule has 0 spiro atoms. The number of benzene rings is 2. The summed E-state index contributed by atoms with van der Waals surface area (Å²) >= 11 is 0. The molecular formula is C27H31N5O4S. The number of hydrogen-bond acceptors (Lipinski definition) is 8. The normalized spacial score (nSPS) is 12.4. The summed E-state index contributed by atoms with van der Waals surface area (Å²) < 4.78 is 33.6. The first-order valence-electron chi connectivity index (χ1n) is 12.3. The average Bonchev–Trinajstić information content (AvgIpc) is 3.40. The molecule has 2 aromatic carbocycles. The number of aryl methyl sites for hydroxylation is 1. The molecule has 10 heteroatoms. The van der Waals surface area contributed by atoms with Crippen LogP contribution in [0.3, 0.4) is 0 Å². The van der Waals surface area contributed by atoms with Crippen molar-refractivity contribution in [1.82, 2.24) is 20.4 Å². The maximum absolute atomic E-state index is 12.8. The van der Waals surface area contributed by atoms with Crippen LogP contribution in [0.25, 0.3) is 11.4 Å². The fraction of sp³-hybridized carbons (Fsp3) is 0.296. The van der Waals surface area contributed by atoms with Crippen LogP contribution in [0.4, 0.5) is 5.69 Å². The van der Waals surface area contributed by atoms with Gasteiger partial charge in [-0.1, -0.05) is 36.7 Å². The molecule has 0 fully saturated rings. The molecule has 0 bridgehead atoms. The number of unbranched alkanes of at least 4 members (excludes halogenated alkanes) is 1. The summed E-state index contributed by atoms with van der Waals surface area (Å²) in [5, 5.41) is 17.4. The average molecular weight is 522 g/mol. The van der Waals surface area contributed by atoms with E-state index in [1.54, 1.807) is 42.7 Å². The quantitative estimate of drug-likeness (QED) is 0.224. The first-order valence-corrected chi connectivity index (χ1v) is 13.8. The monoisotopic (exact) mass is 521 g/mol. The number of anilines is 1. The van der Waals surface area contributed by atoms with Crippen molar-refractivity contribution < 1.29 is 18.0 Å². The SMILES string of the molecule is CCCCc1nc(-c2ccc(S(=O)(=O)Nc3ccc(CCNC[C@H](O)c4cccnc4)cc3)cc2)no1. The zero-order valence-electron chi connectivity index (χ0n) is 20.7. The Morgan fingerprint density at radius 3 is 2.51 bits per heavy atom. The van der Waals surface area contributed by atoms with Gasteiger partial charge in [0.2, 0.25) is 11.7 Å². The van der Waals surface area contributed by atoms with E-state index in [0.29, 0.717) is 36.1 Å². The lowest BCUT2D eigenvalue weighted by Crippen LogP contribution is -2.23. The maximum Gasteiger partial charge on any atom is 0.261 e. The predicted molar refractivity (Wildman–Crippen MR) is 141 cm³/mol. The molecule has 0 aliphatic rings. The van der Waals surface area contributed by atoms with Crippen LogP contribution < -0.4 is 10.0 Å². The molecule has 0 aliphatic carbocycles. The standard InChI is InChI=1S/C27H31N5O4S/c1-2-3-6-26-30-27(31-36-26)21-9-13-24(14-10-21)37(34,35)32-23-11-7-20(8-12-23)15-17-29-19-25(33)22-5-4-16-28-18-22/h4-5,7-14,16,18,25,29,32-33H,2-3,6,15,17,19H2,1H3/t25-/m0/s1. The van der Waals surface area contributed by atoms with Gasteiger partial charge in [-0.3, -0.25) is 9.71 Å². The van der Waals surface area contributed by atoms with Gasteiger partial charge in [0, 0.05) is 42.2 Å². The van der Waals surface area contributed by atoms with Crippen LogP contribution >= 0.6 is 0 Å². The Kier molecular flexibility index (Phi) is 8.99. The summed E-state index contributed by atoms with van der Waals surface area (Å²) in [5.41, 5.74) is 2.99. The molecule has 0 unspecified atom stereocenters. The third-order valence-corrected chi connectivity index (χ3v) is 7.24. The summed E-state index contributed by atoms with van der Waals surface area (Å²) in [6.07, 6.45) is 6.18. The van der Waals surface area contributed by atoms with Gasteiger partial charge in [-0.2, -0.15) is 4.98 Å². The van der Waals surface area contributed by atoms with Gasteiger partial charge >= 0.3 is 0 Å². The smallest absolute Gasteiger partial charge is 0.261 e. The highest BCUT2D eigenvalue weighted by molar-refractivity contribution is 7.92. The second-order valence-corrected chi connectivity index (χ2v) is 10.4. The fourth-order valence-corrected chi connectivity index (χ4v) is 4.76. The van der Waals surface area contributed by atoms with Gasteiger partial charge in [-0.25, -0.2) is 8.42 Å². The lowest BCUT2D eigenvalue weighted by atomic mass is 10.1. The molecule has 0 saturated carbocycles. The van der Waals surface area contributed by atoms with Crippen molar-refractivity contribution in [2.45, 2.75) is 43.6 Å². The van der Waals surface area contributed by atoms with Crippen LogP contribution in [0.15, 0.2) is 82.5 Å². The van der Waals surface area contributed by atoms with E-state index in [0.717, 1.165) is 36.8 Å². The molecule has 0 amide bonds. The van der Waals surface area contributed by atoms with E-state index in [2.05, 4.69) is 32.1 Å². The van der Waals surface area contributed by atoms with Gasteiger partial charge in [0.1, 0.15) is 0 Å². The third-order valence-electron chi connectivity index (χ3n) is 5.84. The zero-order chi connectivity index (χ0) is 26.1. The molecule has 3 N–H and O–H groups in total. The molecule has 9 nitrogen and oxygen atoms in total. The van der Waals surface area contributed by atoms with Gasteiger partial charge in [-0.15, -0.1) is 0 Å². The topological polar surface area (TPSA) is 130 Å². The fourth-order valence-electron chi connectivity index (χ4n) is 3.70. The highest BCUT2D eigenvalue weighted by Gasteiger charge is 2.16. The van der Waals surface area contributed by atoms with Crippen molar-refractivity contribution in [3.8, 4) is 11.4 Å². The molecule has 194 valence electrons. The number of aliphatic hydroxyl groups is 1. The predicted octanol–water partition coefficient (Wildman–Crippen LogP) is 4.14. The highest BCUT2D eigenvalue weighted by atomic mass is 32.2. The Balaban J connectivity index is 1.28. The Labute approximate surface area is 217 Å². The zero-order valence-corrected chi connectivity index (χ0v) is 21.5. The van der Waals surface area contributed by atoms with E-state index in [-0.39, 0.29) is 4.90 Å². The highest BCUT2D eigenvalue weighted by Crippen LogP contribution is 2.22. The number of aliphatic hydroxyl groups excluding tert-OH is 1. The number of nitrogens with one attached hydrogen (secondary N) is 2. The summed E-state index contributed by atoms with van der Waals surface area (Å²) in [6, 6.07) is 17.3. The first-order chi connectivity index (χ1) is 17.9. The van der Waals surface area contributed by atoms with Crippen molar-refractivity contribution in [3.63, 3.8) is 0 Å². The summed E-state index contributed by atoms with van der Waals surface area (Å²) in [6.45, 7) is 3.20. The van der Waals surface area contributed by atoms with Crippen molar-refractivity contribution in [2.24, 2.45) is 0 Å². The Morgan fingerprint density at radius 1 is 1.03 bits per heavy atom. The minimum atomic E-state index is -3.75. The van der Waals surface area contributed by atoms with Crippen LogP contribution in [0.2, 0.25) is 0 Å². The van der Waals surface area contributed by atoms with Crippen LogP contribution in [0.1, 0.15) is 42.9 Å². The van der Waals surface area contributed by atoms with Crippen molar-refractivity contribution in [2.75, 3.05) is 17.8 Å². The minimum absolute atomic E-state index is 0.145. The third kappa shape index (κ3) is 7.45. The van der Waals surface area contributed by atoms with Crippen molar-refractivity contribution >= 4 is 15.7 Å².